The van der Waals surface area contributed by atoms with Crippen molar-refractivity contribution in [2.75, 3.05) is 6.61 Å². The van der Waals surface area contributed by atoms with Crippen LogP contribution in [0.1, 0.15) is 0 Å². The lowest BCUT2D eigenvalue weighted by atomic mass is 10.0. The number of ether oxygens (including phenoxy) is 2. The minimum Gasteiger partial charge on any atom is -0.429 e. The fourth-order valence-electron chi connectivity index (χ4n) is 1.44. The Bertz CT molecular complexity index is 289. The maximum Gasteiger partial charge on any atom is 0.509 e. The Morgan fingerprint density at radius 3 is 2.69 bits per heavy atom. The zero-order valence-electron chi connectivity index (χ0n) is 6.44. The van der Waals surface area contributed by atoms with Crippen molar-refractivity contribution in [2.24, 2.45) is 0 Å². The van der Waals surface area contributed by atoms with Gasteiger partial charge >= 0.3 is 6.16 Å². The molecule has 13 heavy (non-hydrogen) atoms. The van der Waals surface area contributed by atoms with Gasteiger partial charge in [0.15, 0.2) is 0 Å². The molecule has 1 spiro atoms. The van der Waals surface area contributed by atoms with Gasteiger partial charge in [-0.05, 0) is 28.7 Å². The van der Waals surface area contributed by atoms with Gasteiger partial charge in [-0.2, -0.15) is 0 Å². The molecule has 3 atom stereocenters. The van der Waals surface area contributed by atoms with Crippen molar-refractivity contribution < 1.29 is 24.5 Å². The number of aliphatic hydroxyl groups excluding tert-OH is 2. The van der Waals surface area contributed by atoms with Crippen molar-refractivity contribution in [1.82, 2.24) is 0 Å². The third-order valence-electron chi connectivity index (χ3n) is 2.19. The van der Waals surface area contributed by atoms with Gasteiger partial charge < -0.3 is 19.7 Å². The van der Waals surface area contributed by atoms with Crippen molar-refractivity contribution >= 4 is 28.7 Å². The fraction of sp³-hybridized carbons (Fsp3) is 0.571. The number of cyclic esters (lactones) is 1. The quantitative estimate of drug-likeness (QED) is 0.484. The summed E-state index contributed by atoms with van der Waals surface area (Å²) in [5.74, 6) is 0. The van der Waals surface area contributed by atoms with Gasteiger partial charge in [0.1, 0.15) is 18.8 Å². The lowest BCUT2D eigenvalue weighted by molar-refractivity contribution is -0.0563. The molecule has 6 heteroatoms. The van der Waals surface area contributed by atoms with Crippen LogP contribution in [0.3, 0.4) is 0 Å². The van der Waals surface area contributed by atoms with E-state index >= 15 is 0 Å². The number of aliphatic hydroxyl groups is 2. The molecule has 2 rings (SSSR count). The van der Waals surface area contributed by atoms with Crippen molar-refractivity contribution in [2.45, 2.75) is 17.8 Å². The Labute approximate surface area is 87.5 Å². The highest BCUT2D eigenvalue weighted by Crippen LogP contribution is 2.41. The average Bonchev–Trinajstić information content (AvgIpc) is 2.54. The molecule has 0 unspecified atom stereocenters. The van der Waals surface area contributed by atoms with Crippen LogP contribution in [-0.4, -0.2) is 40.8 Å². The highest BCUT2D eigenvalue weighted by atomic mass is 127. The third-order valence-corrected chi connectivity index (χ3v) is 3.47. The summed E-state index contributed by atoms with van der Waals surface area (Å²) in [6.07, 6.45) is -1.49. The van der Waals surface area contributed by atoms with Crippen LogP contribution in [0.25, 0.3) is 0 Å². The first-order chi connectivity index (χ1) is 6.06. The van der Waals surface area contributed by atoms with Gasteiger partial charge in [0.05, 0.1) is 0 Å². The van der Waals surface area contributed by atoms with E-state index in [1.54, 1.807) is 0 Å². The molecule has 0 saturated carbocycles. The highest BCUT2D eigenvalue weighted by Gasteiger charge is 2.56. The van der Waals surface area contributed by atoms with Gasteiger partial charge in [0.25, 0.3) is 0 Å². The smallest absolute Gasteiger partial charge is 0.429 e. The van der Waals surface area contributed by atoms with Gasteiger partial charge in [-0.25, -0.2) is 4.79 Å². The summed E-state index contributed by atoms with van der Waals surface area (Å²) in [5.41, 5.74) is -1.17. The van der Waals surface area contributed by atoms with Crippen LogP contribution in [0.5, 0.6) is 0 Å². The Morgan fingerprint density at radius 2 is 2.31 bits per heavy atom. The van der Waals surface area contributed by atoms with E-state index in [2.05, 4.69) is 4.74 Å². The summed E-state index contributed by atoms with van der Waals surface area (Å²) in [6, 6.07) is 0. The van der Waals surface area contributed by atoms with Gasteiger partial charge in [0.2, 0.25) is 5.60 Å². The number of halogens is 1. The lowest BCUT2D eigenvalue weighted by Gasteiger charge is -2.25. The van der Waals surface area contributed by atoms with Gasteiger partial charge in [-0.1, -0.05) is 0 Å². The highest BCUT2D eigenvalue weighted by molar-refractivity contribution is 14.1. The normalized spacial score (nSPS) is 43.3. The molecule has 1 fully saturated rings. The Balaban J connectivity index is 2.33. The average molecular weight is 298 g/mol. The lowest BCUT2D eigenvalue weighted by Crippen LogP contribution is -2.46. The molecule has 1 heterocycles. The van der Waals surface area contributed by atoms with Crippen LogP contribution in [0.2, 0.25) is 0 Å². The molecule has 1 aliphatic heterocycles. The Hall–Kier alpha value is -0.340. The molecule has 0 aromatic heterocycles. The van der Waals surface area contributed by atoms with Crippen molar-refractivity contribution in [3.05, 3.63) is 9.66 Å². The number of carbonyl (C=O) groups excluding carboxylic acids is 1. The minimum absolute atomic E-state index is 0.0428. The van der Waals surface area contributed by atoms with Gasteiger partial charge in [0, 0.05) is 3.58 Å². The second-order valence-corrected chi connectivity index (χ2v) is 4.14. The van der Waals surface area contributed by atoms with Gasteiger partial charge in [-0.3, -0.25) is 0 Å². The number of hydrogen-bond acceptors (Lipinski definition) is 5. The molecule has 72 valence electrons. The second-order valence-electron chi connectivity index (χ2n) is 2.98. The summed E-state index contributed by atoms with van der Waals surface area (Å²) in [7, 11) is 0. The number of carbonyl (C=O) groups is 1. The monoisotopic (exact) mass is 298 g/mol. The maximum absolute atomic E-state index is 10.7. The van der Waals surface area contributed by atoms with E-state index in [0.717, 1.165) is 0 Å². The van der Waals surface area contributed by atoms with Crippen LogP contribution in [0, 0.1) is 0 Å². The molecule has 0 aromatic carbocycles. The van der Waals surface area contributed by atoms with E-state index in [9.17, 15) is 15.0 Å². The van der Waals surface area contributed by atoms with E-state index in [1.807, 2.05) is 22.6 Å². The number of rotatable bonds is 0. The van der Waals surface area contributed by atoms with Crippen molar-refractivity contribution in [3.8, 4) is 0 Å². The third kappa shape index (κ3) is 1.16. The SMILES string of the molecule is O=C1OC[C@]2(O1)C(I)=C[C@H](O)[C@H]2O. The molecule has 1 saturated heterocycles. The molecular formula is C7H7IO5. The predicted molar refractivity (Wildman–Crippen MR) is 49.3 cm³/mol. The maximum atomic E-state index is 10.7. The molecule has 2 N–H and O–H groups in total. The first kappa shape index (κ1) is 9.22. The van der Waals surface area contributed by atoms with Crippen LogP contribution in [0.15, 0.2) is 9.66 Å². The van der Waals surface area contributed by atoms with E-state index < -0.39 is 24.0 Å². The second kappa shape index (κ2) is 2.82. The van der Waals surface area contributed by atoms with Crippen LogP contribution in [-0.2, 0) is 9.47 Å². The van der Waals surface area contributed by atoms with Crippen LogP contribution < -0.4 is 0 Å². The molecule has 0 aromatic rings. The van der Waals surface area contributed by atoms with Crippen molar-refractivity contribution in [3.63, 3.8) is 0 Å². The molecule has 2 aliphatic rings. The number of hydrogen-bond donors (Lipinski definition) is 2. The van der Waals surface area contributed by atoms with Gasteiger partial charge in [-0.15, -0.1) is 0 Å². The fourth-order valence-corrected chi connectivity index (χ4v) is 2.39. The Kier molecular flexibility index (Phi) is 2.00. The van der Waals surface area contributed by atoms with E-state index in [4.69, 9.17) is 4.74 Å². The first-order valence-electron chi connectivity index (χ1n) is 3.66. The summed E-state index contributed by atoms with van der Waals surface area (Å²) in [4.78, 5) is 10.7. The first-order valence-corrected chi connectivity index (χ1v) is 4.74. The zero-order valence-corrected chi connectivity index (χ0v) is 8.59. The topological polar surface area (TPSA) is 76.0 Å². The molecule has 0 bridgehead atoms. The molecule has 1 aliphatic carbocycles. The predicted octanol–water partition coefficient (Wildman–Crippen LogP) is -0.0537. The molecule has 0 amide bonds. The largest absolute Gasteiger partial charge is 0.509 e. The summed E-state index contributed by atoms with van der Waals surface area (Å²) < 4.78 is 10.1. The van der Waals surface area contributed by atoms with E-state index in [0.29, 0.717) is 3.58 Å². The van der Waals surface area contributed by atoms with E-state index in [-0.39, 0.29) is 6.61 Å². The molecule has 5 nitrogen and oxygen atoms in total. The van der Waals surface area contributed by atoms with Crippen molar-refractivity contribution in [1.29, 1.82) is 0 Å². The minimum atomic E-state index is -1.17. The van der Waals surface area contributed by atoms with E-state index in [1.165, 1.54) is 6.08 Å². The standard InChI is InChI=1S/C7H7IO5/c8-4-1-3(9)5(10)7(4)2-12-6(11)13-7/h1,3,5,9-10H,2H2/t3-,5+,7-/m0/s1. The van der Waals surface area contributed by atoms with Crippen LogP contribution >= 0.6 is 22.6 Å². The molecular weight excluding hydrogens is 291 g/mol. The molecule has 0 radical (unpaired) electrons. The van der Waals surface area contributed by atoms with Crippen LogP contribution in [0.4, 0.5) is 4.79 Å². The zero-order chi connectivity index (χ0) is 9.64. The summed E-state index contributed by atoms with van der Waals surface area (Å²) in [5, 5.41) is 18.9. The summed E-state index contributed by atoms with van der Waals surface area (Å²) in [6.45, 7) is -0.0428. The summed E-state index contributed by atoms with van der Waals surface area (Å²) >= 11 is 1.91. The Morgan fingerprint density at radius 1 is 1.62 bits per heavy atom.